The predicted molar refractivity (Wildman–Crippen MR) is 103 cm³/mol. The summed E-state index contributed by atoms with van der Waals surface area (Å²) in [5.74, 6) is -0.170. The SMILES string of the molecule is C=CC(C)(C(=O)N1C(=O)OC[C@@H]1C(C)C)C(C)O[Si](C)(C)C(C)(C)C. The molecule has 0 saturated carbocycles. The number of amides is 2. The molecule has 1 heterocycles. The fraction of sp³-hybridized carbons (Fsp3) is 0.789. The summed E-state index contributed by atoms with van der Waals surface area (Å²) in [6.07, 6.45) is 0.645. The second-order valence-corrected chi connectivity index (χ2v) is 13.8. The fourth-order valence-corrected chi connectivity index (χ4v) is 4.07. The average molecular weight is 370 g/mol. The Morgan fingerprint density at radius 1 is 1.32 bits per heavy atom. The molecule has 0 aromatic heterocycles. The molecule has 0 radical (unpaired) electrons. The van der Waals surface area contributed by atoms with Crippen LogP contribution in [0.4, 0.5) is 4.79 Å². The number of hydrogen-bond donors (Lipinski definition) is 0. The van der Waals surface area contributed by atoms with Gasteiger partial charge in [-0.05, 0) is 37.9 Å². The number of carbonyl (C=O) groups excluding carboxylic acids is 2. The molecule has 0 aromatic rings. The molecular weight excluding hydrogens is 334 g/mol. The zero-order chi connectivity index (χ0) is 19.8. The lowest BCUT2D eigenvalue weighted by atomic mass is 9.83. The van der Waals surface area contributed by atoms with Crippen LogP contribution in [0.2, 0.25) is 18.1 Å². The lowest BCUT2D eigenvalue weighted by molar-refractivity contribution is -0.141. The van der Waals surface area contributed by atoms with Crippen molar-refractivity contribution < 1.29 is 18.8 Å². The van der Waals surface area contributed by atoms with E-state index in [9.17, 15) is 9.59 Å². The first-order valence-electron chi connectivity index (χ1n) is 9.01. The molecule has 0 aliphatic carbocycles. The molecule has 0 spiro atoms. The number of rotatable bonds is 6. The first-order valence-corrected chi connectivity index (χ1v) is 11.9. The second kappa shape index (κ2) is 7.23. The van der Waals surface area contributed by atoms with Gasteiger partial charge in [-0.25, -0.2) is 9.69 Å². The summed E-state index contributed by atoms with van der Waals surface area (Å²) in [7, 11) is -2.07. The van der Waals surface area contributed by atoms with E-state index in [-0.39, 0.29) is 35.6 Å². The van der Waals surface area contributed by atoms with Gasteiger partial charge in [-0.2, -0.15) is 0 Å². The van der Waals surface area contributed by atoms with E-state index in [1.54, 1.807) is 13.0 Å². The van der Waals surface area contributed by atoms with Gasteiger partial charge in [-0.3, -0.25) is 4.79 Å². The highest BCUT2D eigenvalue weighted by molar-refractivity contribution is 6.74. The molecule has 1 aliphatic rings. The molecule has 3 atom stereocenters. The van der Waals surface area contributed by atoms with E-state index >= 15 is 0 Å². The summed E-state index contributed by atoms with van der Waals surface area (Å²) in [4.78, 5) is 26.7. The van der Waals surface area contributed by atoms with E-state index in [4.69, 9.17) is 9.16 Å². The molecule has 1 aliphatic heterocycles. The monoisotopic (exact) mass is 369 g/mol. The Balaban J connectivity index is 3.14. The van der Waals surface area contributed by atoms with Crippen LogP contribution >= 0.6 is 0 Å². The highest BCUT2D eigenvalue weighted by atomic mass is 28.4. The van der Waals surface area contributed by atoms with E-state index in [1.165, 1.54) is 4.90 Å². The molecule has 6 heteroatoms. The minimum atomic E-state index is -2.07. The van der Waals surface area contributed by atoms with Gasteiger partial charge in [0, 0.05) is 0 Å². The van der Waals surface area contributed by atoms with Gasteiger partial charge < -0.3 is 9.16 Å². The minimum Gasteiger partial charge on any atom is -0.447 e. The number of ether oxygens (including phenoxy) is 1. The van der Waals surface area contributed by atoms with E-state index in [0.29, 0.717) is 0 Å². The van der Waals surface area contributed by atoms with E-state index in [2.05, 4.69) is 40.4 Å². The normalized spacial score (nSPS) is 22.6. The quantitative estimate of drug-likeness (QED) is 0.507. The summed E-state index contributed by atoms with van der Waals surface area (Å²) in [5.41, 5.74) is -0.994. The molecule has 5 nitrogen and oxygen atoms in total. The Labute approximate surface area is 153 Å². The van der Waals surface area contributed by atoms with Crippen molar-refractivity contribution in [3.05, 3.63) is 12.7 Å². The number of nitrogens with zero attached hydrogens (tertiary/aromatic N) is 1. The van der Waals surface area contributed by atoms with Crippen molar-refractivity contribution in [1.82, 2.24) is 4.90 Å². The van der Waals surface area contributed by atoms with Crippen LogP contribution in [0.3, 0.4) is 0 Å². The van der Waals surface area contributed by atoms with Gasteiger partial charge in [0.2, 0.25) is 5.91 Å². The number of hydrogen-bond acceptors (Lipinski definition) is 4. The van der Waals surface area contributed by atoms with Crippen molar-refractivity contribution >= 4 is 20.3 Å². The van der Waals surface area contributed by atoms with Crippen LogP contribution in [-0.4, -0.2) is 44.0 Å². The Hall–Kier alpha value is -1.14. The second-order valence-electron chi connectivity index (χ2n) is 9.07. The van der Waals surface area contributed by atoms with Crippen molar-refractivity contribution in [2.45, 2.75) is 78.7 Å². The molecule has 0 aromatic carbocycles. The molecule has 25 heavy (non-hydrogen) atoms. The molecule has 2 amide bonds. The third-order valence-electron chi connectivity index (χ3n) is 5.90. The maximum Gasteiger partial charge on any atom is 0.417 e. The highest BCUT2D eigenvalue weighted by Crippen LogP contribution is 2.41. The van der Waals surface area contributed by atoms with Gasteiger partial charge in [0.05, 0.1) is 17.6 Å². The summed E-state index contributed by atoms with van der Waals surface area (Å²) in [6.45, 7) is 22.5. The molecular formula is C19H35NO4Si. The van der Waals surface area contributed by atoms with Gasteiger partial charge in [-0.1, -0.05) is 40.7 Å². The molecule has 0 N–H and O–H groups in total. The van der Waals surface area contributed by atoms with Crippen LogP contribution in [0, 0.1) is 11.3 Å². The van der Waals surface area contributed by atoms with Crippen molar-refractivity contribution in [3.63, 3.8) is 0 Å². The van der Waals surface area contributed by atoms with Crippen molar-refractivity contribution in [2.24, 2.45) is 11.3 Å². The molecule has 1 fully saturated rings. The van der Waals surface area contributed by atoms with Crippen LogP contribution in [-0.2, 0) is 14.0 Å². The minimum absolute atomic E-state index is 0.0272. The van der Waals surface area contributed by atoms with Crippen LogP contribution in [0.15, 0.2) is 12.7 Å². The standard InChI is InChI=1S/C19H35NO4Si/c1-11-19(8,14(4)24-25(9,10)18(5,6)7)16(21)20-15(13(2)3)12-23-17(20)22/h11,13-15H,1,12H2,2-10H3/t14?,15-,19?/m1/s1. The summed E-state index contributed by atoms with van der Waals surface area (Å²) < 4.78 is 11.6. The zero-order valence-electron chi connectivity index (χ0n) is 17.3. The summed E-state index contributed by atoms with van der Waals surface area (Å²) in [6, 6.07) is -0.251. The number of cyclic esters (lactones) is 1. The highest BCUT2D eigenvalue weighted by Gasteiger charge is 2.50. The van der Waals surface area contributed by atoms with Gasteiger partial charge in [0.1, 0.15) is 6.61 Å². The van der Waals surface area contributed by atoms with Crippen LogP contribution < -0.4 is 0 Å². The molecule has 2 unspecified atom stereocenters. The Kier molecular flexibility index (Phi) is 6.33. The van der Waals surface area contributed by atoms with Gasteiger partial charge in [0.15, 0.2) is 8.32 Å². The smallest absolute Gasteiger partial charge is 0.417 e. The fourth-order valence-electron chi connectivity index (χ4n) is 2.59. The largest absolute Gasteiger partial charge is 0.447 e. The maximum absolute atomic E-state index is 13.3. The number of imide groups is 1. The Bertz CT molecular complexity index is 538. The topological polar surface area (TPSA) is 55.8 Å². The molecule has 1 saturated heterocycles. The van der Waals surface area contributed by atoms with Gasteiger partial charge in [0.25, 0.3) is 0 Å². The average Bonchev–Trinajstić information content (AvgIpc) is 2.85. The Morgan fingerprint density at radius 3 is 2.24 bits per heavy atom. The van der Waals surface area contributed by atoms with Crippen molar-refractivity contribution in [3.8, 4) is 0 Å². The number of carbonyl (C=O) groups is 2. The zero-order valence-corrected chi connectivity index (χ0v) is 18.3. The first-order chi connectivity index (χ1) is 11.2. The summed E-state index contributed by atoms with van der Waals surface area (Å²) in [5, 5.41) is 0.0272. The van der Waals surface area contributed by atoms with Crippen molar-refractivity contribution in [1.29, 1.82) is 0 Å². The molecule has 0 bridgehead atoms. The van der Waals surface area contributed by atoms with Crippen LogP contribution in [0.5, 0.6) is 0 Å². The van der Waals surface area contributed by atoms with E-state index in [1.807, 2.05) is 20.8 Å². The van der Waals surface area contributed by atoms with E-state index in [0.717, 1.165) is 0 Å². The maximum atomic E-state index is 13.3. The molecule has 144 valence electrons. The lowest BCUT2D eigenvalue weighted by Gasteiger charge is -2.43. The predicted octanol–water partition coefficient (Wildman–Crippen LogP) is 4.59. The van der Waals surface area contributed by atoms with Crippen LogP contribution in [0.25, 0.3) is 0 Å². The van der Waals surface area contributed by atoms with Crippen LogP contribution in [0.1, 0.15) is 48.5 Å². The van der Waals surface area contributed by atoms with Gasteiger partial charge >= 0.3 is 6.09 Å². The molecule has 1 rings (SSSR count). The first kappa shape index (κ1) is 21.9. The third kappa shape index (κ3) is 4.17. The Morgan fingerprint density at radius 2 is 1.84 bits per heavy atom. The summed E-state index contributed by atoms with van der Waals surface area (Å²) >= 11 is 0. The van der Waals surface area contributed by atoms with Crippen molar-refractivity contribution in [2.75, 3.05) is 6.61 Å². The third-order valence-corrected chi connectivity index (χ3v) is 10.5. The van der Waals surface area contributed by atoms with E-state index < -0.39 is 19.8 Å². The van der Waals surface area contributed by atoms with Gasteiger partial charge in [-0.15, -0.1) is 6.58 Å². The lowest BCUT2D eigenvalue weighted by Crippen LogP contribution is -2.55.